The summed E-state index contributed by atoms with van der Waals surface area (Å²) in [5, 5.41) is 2.89. The highest BCUT2D eigenvalue weighted by molar-refractivity contribution is 9.10. The van der Waals surface area contributed by atoms with Crippen LogP contribution in [0.5, 0.6) is 0 Å². The number of nitrogens with one attached hydrogen (secondary N) is 1. The van der Waals surface area contributed by atoms with Gasteiger partial charge in [-0.1, -0.05) is 24.3 Å². The summed E-state index contributed by atoms with van der Waals surface area (Å²) in [7, 11) is 0. The first-order valence-corrected chi connectivity index (χ1v) is 10.6. The predicted molar refractivity (Wildman–Crippen MR) is 113 cm³/mol. The van der Waals surface area contributed by atoms with Gasteiger partial charge < -0.3 is 19.7 Å². The van der Waals surface area contributed by atoms with Crippen LogP contribution < -0.4 is 5.32 Å². The smallest absolute Gasteiger partial charge is 0.256 e. The van der Waals surface area contributed by atoms with Crippen molar-refractivity contribution in [2.45, 2.75) is 19.1 Å². The van der Waals surface area contributed by atoms with E-state index in [1.54, 1.807) is 24.3 Å². The molecule has 2 aliphatic heterocycles. The van der Waals surface area contributed by atoms with E-state index in [0.29, 0.717) is 47.6 Å². The maximum atomic E-state index is 13.2. The van der Waals surface area contributed by atoms with Crippen LogP contribution in [0.3, 0.4) is 0 Å². The quantitative estimate of drug-likeness (QED) is 0.753. The number of hydrogen-bond donors (Lipinski definition) is 1. The van der Waals surface area contributed by atoms with E-state index in [-0.39, 0.29) is 24.0 Å². The van der Waals surface area contributed by atoms with Crippen molar-refractivity contribution in [1.29, 1.82) is 0 Å². The monoisotopic (exact) mass is 458 g/mol. The van der Waals surface area contributed by atoms with E-state index in [1.165, 1.54) is 0 Å². The summed E-state index contributed by atoms with van der Waals surface area (Å²) in [6.07, 6.45) is 1.66. The Hall–Kier alpha value is -2.22. The van der Waals surface area contributed by atoms with Gasteiger partial charge in [-0.15, -0.1) is 0 Å². The zero-order valence-corrected chi connectivity index (χ0v) is 17.6. The van der Waals surface area contributed by atoms with Crippen LogP contribution in [0.15, 0.2) is 53.0 Å². The average Bonchev–Trinajstić information content (AvgIpc) is 3.29. The van der Waals surface area contributed by atoms with Crippen LogP contribution in [0.2, 0.25) is 0 Å². The number of benzene rings is 2. The van der Waals surface area contributed by atoms with Crippen LogP contribution in [0, 0.1) is 5.92 Å². The molecule has 0 spiro atoms. The van der Waals surface area contributed by atoms with E-state index in [0.717, 1.165) is 12.8 Å². The van der Waals surface area contributed by atoms with Crippen molar-refractivity contribution in [3.05, 3.63) is 64.1 Å². The average molecular weight is 459 g/mol. The van der Waals surface area contributed by atoms with Gasteiger partial charge in [0.15, 0.2) is 6.29 Å². The first-order valence-electron chi connectivity index (χ1n) is 9.81. The zero-order chi connectivity index (χ0) is 20.2. The Morgan fingerprint density at radius 1 is 1.00 bits per heavy atom. The van der Waals surface area contributed by atoms with Crippen molar-refractivity contribution in [1.82, 2.24) is 4.90 Å². The van der Waals surface area contributed by atoms with Crippen molar-refractivity contribution < 1.29 is 19.1 Å². The normalized spacial score (nSPS) is 19.9. The van der Waals surface area contributed by atoms with E-state index in [4.69, 9.17) is 9.47 Å². The van der Waals surface area contributed by atoms with Crippen LogP contribution in [0.25, 0.3) is 0 Å². The molecule has 1 atom stereocenters. The van der Waals surface area contributed by atoms with Crippen molar-refractivity contribution in [3.63, 3.8) is 0 Å². The van der Waals surface area contributed by atoms with E-state index >= 15 is 0 Å². The molecule has 0 saturated carbocycles. The minimum absolute atomic E-state index is 0.0873. The van der Waals surface area contributed by atoms with E-state index in [9.17, 15) is 9.59 Å². The van der Waals surface area contributed by atoms with Crippen molar-refractivity contribution >= 4 is 33.4 Å². The number of halogens is 1. The molecule has 1 N–H and O–H groups in total. The summed E-state index contributed by atoms with van der Waals surface area (Å²) in [5.74, 6) is -0.171. The Morgan fingerprint density at radius 3 is 2.45 bits per heavy atom. The minimum atomic E-state index is -0.262. The van der Waals surface area contributed by atoms with Crippen molar-refractivity contribution in [3.8, 4) is 0 Å². The van der Waals surface area contributed by atoms with Gasteiger partial charge >= 0.3 is 0 Å². The number of anilines is 1. The lowest BCUT2D eigenvalue weighted by atomic mass is 9.96. The topological polar surface area (TPSA) is 67.9 Å². The fourth-order valence-electron chi connectivity index (χ4n) is 3.85. The highest BCUT2D eigenvalue weighted by Gasteiger charge is 2.33. The molecule has 1 unspecified atom stereocenters. The maximum absolute atomic E-state index is 13.2. The largest absolute Gasteiger partial charge is 0.350 e. The summed E-state index contributed by atoms with van der Waals surface area (Å²) in [6, 6.07) is 14.3. The molecule has 152 valence electrons. The molecule has 2 aliphatic rings. The van der Waals surface area contributed by atoms with E-state index in [2.05, 4.69) is 21.2 Å². The third-order valence-electron chi connectivity index (χ3n) is 5.30. The Bertz CT molecular complexity index is 898. The molecular formula is C22H23BrN2O4. The summed E-state index contributed by atoms with van der Waals surface area (Å²) in [4.78, 5) is 27.8. The summed E-state index contributed by atoms with van der Waals surface area (Å²) in [6.45, 7) is 2.50. The molecular weight excluding hydrogens is 436 g/mol. The molecule has 2 amide bonds. The van der Waals surface area contributed by atoms with Gasteiger partial charge in [-0.05, 0) is 53.0 Å². The number of piperidine rings is 1. The molecule has 0 radical (unpaired) electrons. The zero-order valence-electron chi connectivity index (χ0n) is 16.0. The maximum Gasteiger partial charge on any atom is 0.256 e. The van der Waals surface area contributed by atoms with E-state index < -0.39 is 0 Å². The van der Waals surface area contributed by atoms with Gasteiger partial charge in [0.1, 0.15) is 0 Å². The molecule has 0 aliphatic carbocycles. The second-order valence-electron chi connectivity index (χ2n) is 7.24. The van der Waals surface area contributed by atoms with Crippen LogP contribution in [-0.4, -0.2) is 49.3 Å². The van der Waals surface area contributed by atoms with Gasteiger partial charge in [-0.2, -0.15) is 0 Å². The van der Waals surface area contributed by atoms with Crippen LogP contribution in [0.1, 0.15) is 33.6 Å². The van der Waals surface area contributed by atoms with Crippen LogP contribution >= 0.6 is 15.9 Å². The lowest BCUT2D eigenvalue weighted by Gasteiger charge is -2.35. The Balaban J connectivity index is 1.50. The minimum Gasteiger partial charge on any atom is -0.350 e. The third kappa shape index (κ3) is 4.52. The van der Waals surface area contributed by atoms with Gasteiger partial charge in [0, 0.05) is 23.5 Å². The number of likely N-dealkylation sites (tertiary alicyclic amines) is 1. The Labute approximate surface area is 178 Å². The Morgan fingerprint density at radius 2 is 1.69 bits per heavy atom. The van der Waals surface area contributed by atoms with Crippen LogP contribution in [-0.2, 0) is 9.47 Å². The molecule has 2 heterocycles. The molecule has 0 aromatic heterocycles. The number of para-hydroxylation sites is 1. The second-order valence-corrected chi connectivity index (χ2v) is 8.10. The first kappa shape index (κ1) is 20.1. The number of amides is 2. The number of carbonyl (C=O) groups is 2. The molecule has 2 aromatic carbocycles. The van der Waals surface area contributed by atoms with Gasteiger partial charge in [-0.25, -0.2) is 0 Å². The SMILES string of the molecule is O=C(Nc1ccccc1C(=O)N1CCCC(C2OCCO2)C1)c1ccccc1Br. The predicted octanol–water partition coefficient (Wildman–Crippen LogP) is 3.93. The number of hydrogen-bond acceptors (Lipinski definition) is 4. The summed E-state index contributed by atoms with van der Waals surface area (Å²) >= 11 is 3.40. The van der Waals surface area contributed by atoms with Crippen molar-refractivity contribution in [2.75, 3.05) is 31.6 Å². The second kappa shape index (κ2) is 9.07. The summed E-state index contributed by atoms with van der Waals surface area (Å²) in [5.41, 5.74) is 1.51. The van der Waals surface area contributed by atoms with Crippen molar-refractivity contribution in [2.24, 2.45) is 5.92 Å². The number of nitrogens with zero attached hydrogens (tertiary/aromatic N) is 1. The number of carbonyl (C=O) groups excluding carboxylic acids is 2. The lowest BCUT2D eigenvalue weighted by Crippen LogP contribution is -2.44. The fourth-order valence-corrected chi connectivity index (χ4v) is 4.31. The highest BCUT2D eigenvalue weighted by Crippen LogP contribution is 2.27. The molecule has 2 saturated heterocycles. The Kier molecular flexibility index (Phi) is 6.28. The summed E-state index contributed by atoms with van der Waals surface area (Å²) < 4.78 is 12.0. The molecule has 4 rings (SSSR count). The van der Waals surface area contributed by atoms with Gasteiger partial charge in [0.2, 0.25) is 0 Å². The lowest BCUT2D eigenvalue weighted by molar-refractivity contribution is -0.0969. The van der Waals surface area contributed by atoms with Gasteiger partial charge in [-0.3, -0.25) is 9.59 Å². The third-order valence-corrected chi connectivity index (χ3v) is 5.99. The molecule has 2 aromatic rings. The molecule has 6 nitrogen and oxygen atoms in total. The van der Waals surface area contributed by atoms with Crippen LogP contribution in [0.4, 0.5) is 5.69 Å². The molecule has 7 heteroatoms. The first-order chi connectivity index (χ1) is 14.1. The standard InChI is InChI=1S/C22H23BrN2O4/c23-18-9-3-1-7-16(18)20(26)24-19-10-4-2-8-17(19)21(27)25-11-5-6-15(14-25)22-28-12-13-29-22/h1-4,7-10,15,22H,5-6,11-14H2,(H,24,26). The number of rotatable bonds is 4. The highest BCUT2D eigenvalue weighted by atomic mass is 79.9. The van der Waals surface area contributed by atoms with Gasteiger partial charge in [0.25, 0.3) is 11.8 Å². The molecule has 2 fully saturated rings. The molecule has 0 bridgehead atoms. The number of ether oxygens (including phenoxy) is 2. The molecule has 29 heavy (non-hydrogen) atoms. The van der Waals surface area contributed by atoms with E-state index in [1.807, 2.05) is 29.2 Å². The fraction of sp³-hybridized carbons (Fsp3) is 0.364. The van der Waals surface area contributed by atoms with Gasteiger partial charge in [0.05, 0.1) is 30.0 Å².